The van der Waals surface area contributed by atoms with Crippen LogP contribution >= 0.6 is 0 Å². The maximum Gasteiger partial charge on any atom is 0.0469 e. The largest absolute Gasteiger partial charge is 0.381 e. The van der Waals surface area contributed by atoms with Gasteiger partial charge in [-0.2, -0.15) is 0 Å². The Morgan fingerprint density at radius 2 is 1.94 bits per heavy atom. The van der Waals surface area contributed by atoms with Crippen LogP contribution in [0.5, 0.6) is 0 Å². The fourth-order valence-electron chi connectivity index (χ4n) is 3.59. The van der Waals surface area contributed by atoms with Crippen molar-refractivity contribution in [3.63, 3.8) is 0 Å². The number of nitrogens with zero attached hydrogens (tertiary/aromatic N) is 1. The summed E-state index contributed by atoms with van der Waals surface area (Å²) in [6.45, 7) is 3.10. The first-order valence-corrected chi connectivity index (χ1v) is 6.58. The highest BCUT2D eigenvalue weighted by molar-refractivity contribution is 5.05. The highest BCUT2D eigenvalue weighted by atomic mass is 16.5. The molecule has 94 valence electrons. The van der Waals surface area contributed by atoms with Crippen LogP contribution in [0.3, 0.4) is 0 Å². The number of hydrogen-bond donors (Lipinski definition) is 1. The summed E-state index contributed by atoms with van der Waals surface area (Å²) in [6.07, 6.45) is 5.28. The van der Waals surface area contributed by atoms with Crippen LogP contribution in [0.4, 0.5) is 0 Å². The first-order chi connectivity index (χ1) is 7.69. The molecule has 1 aliphatic carbocycles. The summed E-state index contributed by atoms with van der Waals surface area (Å²) in [7, 11) is 6.57. The van der Waals surface area contributed by atoms with Crippen LogP contribution in [-0.2, 0) is 4.74 Å². The lowest BCUT2D eigenvalue weighted by molar-refractivity contribution is 0.0157. The molecule has 1 heterocycles. The summed E-state index contributed by atoms with van der Waals surface area (Å²) < 4.78 is 5.49. The van der Waals surface area contributed by atoms with E-state index in [-0.39, 0.29) is 0 Å². The van der Waals surface area contributed by atoms with E-state index < -0.39 is 0 Å². The maximum absolute atomic E-state index is 5.49. The molecular weight excluding hydrogens is 200 g/mol. The van der Waals surface area contributed by atoms with Crippen molar-refractivity contribution in [1.29, 1.82) is 0 Å². The number of ether oxygens (including phenoxy) is 1. The molecule has 1 atom stereocenters. The summed E-state index contributed by atoms with van der Waals surface area (Å²) in [4.78, 5) is 2.46. The lowest BCUT2D eigenvalue weighted by atomic mass is 9.80. The Morgan fingerprint density at radius 1 is 1.31 bits per heavy atom. The van der Waals surface area contributed by atoms with Crippen molar-refractivity contribution in [3.8, 4) is 0 Å². The summed E-state index contributed by atoms with van der Waals surface area (Å²) in [6, 6.07) is 0.740. The molecule has 1 saturated carbocycles. The number of hydrogen-bond acceptors (Lipinski definition) is 3. The van der Waals surface area contributed by atoms with E-state index in [0.29, 0.717) is 5.41 Å². The van der Waals surface area contributed by atoms with Crippen molar-refractivity contribution in [2.45, 2.75) is 31.7 Å². The Morgan fingerprint density at radius 3 is 2.38 bits per heavy atom. The van der Waals surface area contributed by atoms with Crippen molar-refractivity contribution in [2.75, 3.05) is 40.9 Å². The number of nitrogens with one attached hydrogen (secondary N) is 1. The highest BCUT2D eigenvalue weighted by Crippen LogP contribution is 2.53. The van der Waals surface area contributed by atoms with Crippen molar-refractivity contribution in [3.05, 3.63) is 0 Å². The Hall–Kier alpha value is -0.120. The molecule has 2 fully saturated rings. The maximum atomic E-state index is 5.49. The molecule has 2 aliphatic rings. The van der Waals surface area contributed by atoms with Crippen LogP contribution in [-0.4, -0.2) is 51.8 Å². The molecule has 3 heteroatoms. The quantitative estimate of drug-likeness (QED) is 0.766. The molecule has 0 aromatic rings. The zero-order chi connectivity index (χ0) is 11.6. The van der Waals surface area contributed by atoms with Gasteiger partial charge in [0, 0.05) is 25.8 Å². The van der Waals surface area contributed by atoms with Gasteiger partial charge >= 0.3 is 0 Å². The van der Waals surface area contributed by atoms with Gasteiger partial charge in [-0.3, -0.25) is 0 Å². The molecule has 0 aromatic heterocycles. The lowest BCUT2D eigenvalue weighted by Gasteiger charge is -2.40. The van der Waals surface area contributed by atoms with E-state index in [1.54, 1.807) is 0 Å². The average molecular weight is 226 g/mol. The van der Waals surface area contributed by atoms with Gasteiger partial charge in [0.15, 0.2) is 0 Å². The molecule has 0 radical (unpaired) electrons. The molecule has 0 spiro atoms. The van der Waals surface area contributed by atoms with Crippen LogP contribution in [0.2, 0.25) is 0 Å². The molecule has 2 rings (SSSR count). The predicted molar refractivity (Wildman–Crippen MR) is 66.6 cm³/mol. The van der Waals surface area contributed by atoms with Gasteiger partial charge in [0.1, 0.15) is 0 Å². The van der Waals surface area contributed by atoms with Crippen LogP contribution in [0.1, 0.15) is 25.7 Å². The van der Waals surface area contributed by atoms with Crippen LogP contribution in [0.15, 0.2) is 0 Å². The van der Waals surface area contributed by atoms with Gasteiger partial charge in [0.05, 0.1) is 0 Å². The second kappa shape index (κ2) is 5.03. The zero-order valence-corrected chi connectivity index (χ0v) is 11.0. The minimum atomic E-state index is 0.556. The van der Waals surface area contributed by atoms with E-state index in [0.717, 1.165) is 25.2 Å². The minimum Gasteiger partial charge on any atom is -0.381 e. The van der Waals surface area contributed by atoms with E-state index in [1.165, 1.54) is 32.2 Å². The molecule has 3 nitrogen and oxygen atoms in total. The van der Waals surface area contributed by atoms with Gasteiger partial charge in [0.25, 0.3) is 0 Å². The van der Waals surface area contributed by atoms with Crippen molar-refractivity contribution in [2.24, 2.45) is 11.3 Å². The van der Waals surface area contributed by atoms with Crippen LogP contribution < -0.4 is 5.32 Å². The summed E-state index contributed by atoms with van der Waals surface area (Å²) in [5, 5.41) is 3.39. The van der Waals surface area contributed by atoms with Gasteiger partial charge in [-0.25, -0.2) is 0 Å². The third-order valence-electron chi connectivity index (χ3n) is 4.32. The Kier molecular flexibility index (Phi) is 3.88. The topological polar surface area (TPSA) is 24.5 Å². The van der Waals surface area contributed by atoms with Crippen molar-refractivity contribution in [1.82, 2.24) is 10.2 Å². The molecule has 1 unspecified atom stereocenters. The molecule has 0 amide bonds. The second-order valence-electron chi connectivity index (χ2n) is 5.75. The van der Waals surface area contributed by atoms with Crippen molar-refractivity contribution >= 4 is 0 Å². The van der Waals surface area contributed by atoms with E-state index in [9.17, 15) is 0 Å². The summed E-state index contributed by atoms with van der Waals surface area (Å²) in [5.74, 6) is 0.833. The second-order valence-corrected chi connectivity index (χ2v) is 5.75. The van der Waals surface area contributed by atoms with Crippen LogP contribution in [0.25, 0.3) is 0 Å². The van der Waals surface area contributed by atoms with E-state index in [2.05, 4.69) is 31.4 Å². The van der Waals surface area contributed by atoms with Gasteiger partial charge in [-0.05, 0) is 58.2 Å². The Bertz CT molecular complexity index is 220. The lowest BCUT2D eigenvalue weighted by Crippen LogP contribution is -2.47. The van der Waals surface area contributed by atoms with E-state index >= 15 is 0 Å². The molecule has 1 saturated heterocycles. The normalized spacial score (nSPS) is 27.0. The molecule has 1 aliphatic heterocycles. The van der Waals surface area contributed by atoms with Gasteiger partial charge < -0.3 is 15.0 Å². The standard InChI is InChI=1S/C13H26N2O/c1-14-10-13(6-7-13)12(15(2)3)11-4-8-16-9-5-11/h11-12,14H,4-10H2,1-3H3. The summed E-state index contributed by atoms with van der Waals surface area (Å²) >= 11 is 0. The van der Waals surface area contributed by atoms with Gasteiger partial charge in [-0.15, -0.1) is 0 Å². The van der Waals surface area contributed by atoms with Gasteiger partial charge in [0.2, 0.25) is 0 Å². The molecule has 0 aromatic carbocycles. The molecule has 1 N–H and O–H groups in total. The number of rotatable bonds is 5. The van der Waals surface area contributed by atoms with Crippen molar-refractivity contribution < 1.29 is 4.74 Å². The Balaban J connectivity index is 2.04. The third-order valence-corrected chi connectivity index (χ3v) is 4.32. The summed E-state index contributed by atoms with van der Waals surface area (Å²) in [5.41, 5.74) is 0.556. The first-order valence-electron chi connectivity index (χ1n) is 6.58. The van der Waals surface area contributed by atoms with Crippen LogP contribution in [0, 0.1) is 11.3 Å². The minimum absolute atomic E-state index is 0.556. The van der Waals surface area contributed by atoms with E-state index in [1.807, 2.05) is 0 Å². The predicted octanol–water partition coefficient (Wildman–Crippen LogP) is 1.34. The molecule has 0 bridgehead atoms. The Labute approximate surface area is 99.5 Å². The highest BCUT2D eigenvalue weighted by Gasteiger charge is 2.52. The first kappa shape index (κ1) is 12.3. The fraction of sp³-hybridized carbons (Fsp3) is 1.00. The monoisotopic (exact) mass is 226 g/mol. The zero-order valence-electron chi connectivity index (χ0n) is 11.0. The third kappa shape index (κ3) is 2.41. The molecule has 16 heavy (non-hydrogen) atoms. The fourth-order valence-corrected chi connectivity index (χ4v) is 3.59. The average Bonchev–Trinajstić information content (AvgIpc) is 3.00. The van der Waals surface area contributed by atoms with E-state index in [4.69, 9.17) is 4.74 Å². The van der Waals surface area contributed by atoms with Gasteiger partial charge in [-0.1, -0.05) is 0 Å². The smallest absolute Gasteiger partial charge is 0.0469 e. The molecular formula is C13H26N2O. The SMILES string of the molecule is CNCC1(C(C2CCOCC2)N(C)C)CC1.